The van der Waals surface area contributed by atoms with Crippen molar-refractivity contribution < 1.29 is 9.84 Å². The predicted molar refractivity (Wildman–Crippen MR) is 136 cm³/mol. The monoisotopic (exact) mass is 470 g/mol. The van der Waals surface area contributed by atoms with Crippen molar-refractivity contribution in [2.24, 2.45) is 0 Å². The first-order chi connectivity index (χ1) is 16.9. The van der Waals surface area contributed by atoms with Crippen LogP contribution < -0.4 is 15.4 Å². The molecule has 0 aliphatic carbocycles. The van der Waals surface area contributed by atoms with Crippen LogP contribution in [0.1, 0.15) is 29.2 Å². The van der Waals surface area contributed by atoms with E-state index in [9.17, 15) is 10.4 Å². The SMILES string of the molecule is COc1cc2c(cc1Nc1nccc(-c3cc(C#N)c4c(c3)[C@@](C)(CO)CN4)n1)CCN(C)CC2. The maximum atomic E-state index is 10.00. The fraction of sp³-hybridized carbons (Fsp3) is 0.370. The van der Waals surface area contributed by atoms with Crippen molar-refractivity contribution in [3.8, 4) is 23.1 Å². The summed E-state index contributed by atoms with van der Waals surface area (Å²) in [6, 6.07) is 12.2. The lowest BCUT2D eigenvalue weighted by atomic mass is 9.83. The first-order valence-electron chi connectivity index (χ1n) is 11.9. The van der Waals surface area contributed by atoms with Crippen LogP contribution in [-0.2, 0) is 18.3 Å². The number of hydrogen-bond acceptors (Lipinski definition) is 8. The van der Waals surface area contributed by atoms with E-state index in [2.05, 4.69) is 45.8 Å². The number of aliphatic hydroxyl groups excluding tert-OH is 1. The van der Waals surface area contributed by atoms with E-state index in [1.165, 1.54) is 11.1 Å². The van der Waals surface area contributed by atoms with Gasteiger partial charge in [-0.3, -0.25) is 0 Å². The van der Waals surface area contributed by atoms with Crippen LogP contribution in [0.5, 0.6) is 5.75 Å². The second-order valence-electron chi connectivity index (χ2n) is 9.65. The van der Waals surface area contributed by atoms with Gasteiger partial charge in [0.15, 0.2) is 0 Å². The number of nitriles is 1. The summed E-state index contributed by atoms with van der Waals surface area (Å²) in [5, 5.41) is 26.4. The molecular formula is C27H30N6O2. The second-order valence-corrected chi connectivity index (χ2v) is 9.65. The van der Waals surface area contributed by atoms with Crippen molar-refractivity contribution >= 4 is 17.3 Å². The van der Waals surface area contributed by atoms with E-state index in [1.54, 1.807) is 13.3 Å². The van der Waals surface area contributed by atoms with Crippen LogP contribution >= 0.6 is 0 Å². The van der Waals surface area contributed by atoms with Crippen LogP contribution in [-0.4, -0.2) is 60.4 Å². The highest BCUT2D eigenvalue weighted by Gasteiger charge is 2.36. The molecule has 3 aromatic rings. The minimum atomic E-state index is -0.450. The molecule has 0 bridgehead atoms. The van der Waals surface area contributed by atoms with Gasteiger partial charge in [-0.05, 0) is 66.9 Å². The van der Waals surface area contributed by atoms with Gasteiger partial charge in [-0.15, -0.1) is 0 Å². The molecule has 0 unspecified atom stereocenters. The zero-order valence-corrected chi connectivity index (χ0v) is 20.4. The van der Waals surface area contributed by atoms with Crippen molar-refractivity contribution in [1.29, 1.82) is 5.26 Å². The van der Waals surface area contributed by atoms with Gasteiger partial charge in [0.05, 0.1) is 36.3 Å². The van der Waals surface area contributed by atoms with Crippen LogP contribution in [0.25, 0.3) is 11.3 Å². The van der Waals surface area contributed by atoms with Gasteiger partial charge in [0.1, 0.15) is 11.8 Å². The number of hydrogen-bond donors (Lipinski definition) is 3. The molecule has 0 amide bonds. The molecule has 3 N–H and O–H groups in total. The zero-order chi connectivity index (χ0) is 24.6. The molecule has 1 atom stereocenters. The fourth-order valence-electron chi connectivity index (χ4n) is 4.90. The Hall–Kier alpha value is -3.67. The lowest BCUT2D eigenvalue weighted by molar-refractivity contribution is 0.219. The van der Waals surface area contributed by atoms with E-state index < -0.39 is 5.41 Å². The summed E-state index contributed by atoms with van der Waals surface area (Å²) >= 11 is 0. The molecule has 0 saturated carbocycles. The van der Waals surface area contributed by atoms with E-state index in [4.69, 9.17) is 9.72 Å². The average Bonchev–Trinajstić information content (AvgIpc) is 3.12. The number of nitrogens with zero attached hydrogens (tertiary/aromatic N) is 4. The molecule has 180 valence electrons. The van der Waals surface area contributed by atoms with E-state index in [1.807, 2.05) is 25.1 Å². The van der Waals surface area contributed by atoms with Crippen LogP contribution in [0.3, 0.4) is 0 Å². The Kier molecular flexibility index (Phi) is 6.05. The Morgan fingerprint density at radius 1 is 1.23 bits per heavy atom. The van der Waals surface area contributed by atoms with Crippen molar-refractivity contribution in [2.75, 3.05) is 51.0 Å². The largest absolute Gasteiger partial charge is 0.495 e. The number of rotatable bonds is 5. The fourth-order valence-corrected chi connectivity index (χ4v) is 4.90. The molecule has 0 saturated heterocycles. The average molecular weight is 471 g/mol. The molecule has 2 aromatic carbocycles. The van der Waals surface area contributed by atoms with Gasteiger partial charge in [-0.25, -0.2) is 9.97 Å². The van der Waals surface area contributed by atoms with Crippen molar-refractivity contribution in [3.63, 3.8) is 0 Å². The number of anilines is 3. The van der Waals surface area contributed by atoms with Crippen molar-refractivity contribution in [1.82, 2.24) is 14.9 Å². The van der Waals surface area contributed by atoms with Crippen molar-refractivity contribution in [3.05, 3.63) is 58.8 Å². The first-order valence-corrected chi connectivity index (χ1v) is 11.9. The topological polar surface area (TPSA) is 106 Å². The molecular weight excluding hydrogens is 440 g/mol. The van der Waals surface area contributed by atoms with Crippen LogP contribution in [0.2, 0.25) is 0 Å². The van der Waals surface area contributed by atoms with Crippen LogP contribution in [0.15, 0.2) is 36.5 Å². The Morgan fingerprint density at radius 3 is 2.71 bits per heavy atom. The normalized spacial score (nSPS) is 19.2. The van der Waals surface area contributed by atoms with Crippen molar-refractivity contribution in [2.45, 2.75) is 25.2 Å². The summed E-state index contributed by atoms with van der Waals surface area (Å²) in [5.74, 6) is 1.21. The summed E-state index contributed by atoms with van der Waals surface area (Å²) in [5.41, 5.74) is 6.78. The van der Waals surface area contributed by atoms with E-state index >= 15 is 0 Å². The molecule has 2 aliphatic rings. The third-order valence-electron chi connectivity index (χ3n) is 7.16. The highest BCUT2D eigenvalue weighted by Crippen LogP contribution is 2.41. The van der Waals surface area contributed by atoms with Gasteiger partial charge in [-0.1, -0.05) is 6.92 Å². The van der Waals surface area contributed by atoms with Gasteiger partial charge in [-0.2, -0.15) is 5.26 Å². The highest BCUT2D eigenvalue weighted by molar-refractivity contribution is 5.76. The molecule has 8 nitrogen and oxygen atoms in total. The summed E-state index contributed by atoms with van der Waals surface area (Å²) in [7, 11) is 3.82. The predicted octanol–water partition coefficient (Wildman–Crippen LogP) is 3.47. The summed E-state index contributed by atoms with van der Waals surface area (Å²) in [6.45, 7) is 4.62. The molecule has 5 rings (SSSR count). The van der Waals surface area contributed by atoms with Gasteiger partial charge in [0.25, 0.3) is 0 Å². The zero-order valence-electron chi connectivity index (χ0n) is 20.4. The number of fused-ring (bicyclic) bond motifs is 2. The number of likely N-dealkylation sites (N-methyl/N-ethyl adjacent to an activating group) is 1. The van der Waals surface area contributed by atoms with Gasteiger partial charge in [0.2, 0.25) is 5.95 Å². The Morgan fingerprint density at radius 2 is 2.00 bits per heavy atom. The van der Waals surface area contributed by atoms with E-state index in [0.29, 0.717) is 23.8 Å². The molecule has 0 fully saturated rings. The maximum Gasteiger partial charge on any atom is 0.227 e. The van der Waals surface area contributed by atoms with Gasteiger partial charge in [0, 0.05) is 36.8 Å². The third kappa shape index (κ3) is 4.29. The van der Waals surface area contributed by atoms with Crippen LogP contribution in [0, 0.1) is 11.3 Å². The molecule has 8 heteroatoms. The quantitative estimate of drug-likeness (QED) is 0.521. The number of methoxy groups -OCH3 is 1. The number of nitrogens with one attached hydrogen (secondary N) is 2. The van der Waals surface area contributed by atoms with E-state index in [-0.39, 0.29) is 6.61 Å². The number of ether oxygens (including phenoxy) is 1. The number of benzene rings is 2. The Balaban J connectivity index is 1.50. The minimum Gasteiger partial charge on any atom is -0.495 e. The molecule has 1 aromatic heterocycles. The number of aliphatic hydroxyl groups is 1. The lowest BCUT2D eigenvalue weighted by Crippen LogP contribution is -2.28. The molecule has 2 aliphatic heterocycles. The molecule has 3 heterocycles. The summed E-state index contributed by atoms with van der Waals surface area (Å²) in [4.78, 5) is 11.5. The molecule has 35 heavy (non-hydrogen) atoms. The second kappa shape index (κ2) is 9.17. The third-order valence-corrected chi connectivity index (χ3v) is 7.16. The first kappa shape index (κ1) is 23.1. The standard InChI is InChI=1S/C27H30N6O2/c1-27(16-34)15-30-25-20(14-28)10-19(11-21(25)27)22-4-7-29-26(31-22)32-23-12-17-5-8-33(2)9-6-18(17)13-24(23)35-3/h4,7,10-13,30,34H,5-6,8-9,15-16H2,1-3H3,(H,29,31,32)/t27-/m1/s1. The molecule has 0 radical (unpaired) electrons. The van der Waals surface area contributed by atoms with E-state index in [0.717, 1.165) is 54.2 Å². The summed E-state index contributed by atoms with van der Waals surface area (Å²) < 4.78 is 5.68. The highest BCUT2D eigenvalue weighted by atomic mass is 16.5. The smallest absolute Gasteiger partial charge is 0.227 e. The number of aromatic nitrogens is 2. The lowest BCUT2D eigenvalue weighted by Gasteiger charge is -2.21. The van der Waals surface area contributed by atoms with Gasteiger partial charge < -0.3 is 25.4 Å². The van der Waals surface area contributed by atoms with Crippen LogP contribution in [0.4, 0.5) is 17.3 Å². The maximum absolute atomic E-state index is 10.00. The Bertz CT molecular complexity index is 1320. The summed E-state index contributed by atoms with van der Waals surface area (Å²) in [6.07, 6.45) is 3.68. The molecule has 0 spiro atoms. The Labute approximate surface area is 205 Å². The minimum absolute atomic E-state index is 0.00812. The van der Waals surface area contributed by atoms with Gasteiger partial charge >= 0.3 is 0 Å².